The molecule has 4 unspecified atom stereocenters. The van der Waals surface area contributed by atoms with E-state index in [0.29, 0.717) is 12.5 Å². The topological polar surface area (TPSA) is 78.4 Å². The molecule has 0 aromatic heterocycles. The molecule has 5 nitrogen and oxygen atoms in total. The number of nitrogens with zero attached hydrogens (tertiary/aromatic N) is 1. The lowest BCUT2D eigenvalue weighted by molar-refractivity contribution is -0.785. The Labute approximate surface area is 127 Å². The van der Waals surface area contributed by atoms with Gasteiger partial charge in [0.05, 0.1) is 0 Å². The van der Waals surface area contributed by atoms with Crippen LogP contribution < -0.4 is 5.73 Å². The van der Waals surface area contributed by atoms with Crippen LogP contribution in [0.25, 0.3) is 0 Å². The summed E-state index contributed by atoms with van der Waals surface area (Å²) in [7, 11) is 0. The molecule has 0 amide bonds. The molecule has 0 spiro atoms. The summed E-state index contributed by atoms with van der Waals surface area (Å²) in [5, 5.41) is 10.5. The molecule has 0 radical (unpaired) electrons. The fraction of sp³-hybridized carbons (Fsp3) is 1.00. The SMILES string of the molecule is CCC1CC2(CC)CC(C)(CCN)CC(O[N+](=O)[O-])(C1)C2. The second kappa shape index (κ2) is 5.75. The van der Waals surface area contributed by atoms with Gasteiger partial charge in [0.25, 0.3) is 5.09 Å². The molecule has 0 aliphatic heterocycles. The fourth-order valence-electron chi connectivity index (χ4n) is 5.52. The third kappa shape index (κ3) is 3.33. The van der Waals surface area contributed by atoms with E-state index in [1.807, 2.05) is 0 Å². The van der Waals surface area contributed by atoms with Crippen LogP contribution in [-0.4, -0.2) is 17.2 Å². The monoisotopic (exact) mass is 298 g/mol. The Morgan fingerprint density at radius 3 is 2.52 bits per heavy atom. The van der Waals surface area contributed by atoms with Crippen molar-refractivity contribution in [1.82, 2.24) is 0 Å². The highest BCUT2D eigenvalue weighted by atomic mass is 17.0. The molecule has 2 fully saturated rings. The van der Waals surface area contributed by atoms with Crippen LogP contribution in [-0.2, 0) is 4.84 Å². The summed E-state index contributed by atoms with van der Waals surface area (Å²) in [6.07, 6.45) is 7.84. The summed E-state index contributed by atoms with van der Waals surface area (Å²) in [5.74, 6) is 0.543. The summed E-state index contributed by atoms with van der Waals surface area (Å²) in [4.78, 5) is 16.4. The number of rotatable bonds is 6. The lowest BCUT2D eigenvalue weighted by atomic mass is 9.49. The molecule has 5 heteroatoms. The molecule has 0 heterocycles. The molecule has 0 saturated heterocycles. The molecule has 21 heavy (non-hydrogen) atoms. The predicted molar refractivity (Wildman–Crippen MR) is 82.2 cm³/mol. The van der Waals surface area contributed by atoms with Crippen LogP contribution in [0.5, 0.6) is 0 Å². The Balaban J connectivity index is 2.36. The Hall–Kier alpha value is -0.840. The number of hydrogen-bond donors (Lipinski definition) is 1. The summed E-state index contributed by atoms with van der Waals surface area (Å²) in [5.41, 5.74) is 5.48. The van der Waals surface area contributed by atoms with Crippen molar-refractivity contribution in [1.29, 1.82) is 0 Å². The second-order valence-electron chi connectivity index (χ2n) is 7.91. The molecular formula is C16H30N2O3. The van der Waals surface area contributed by atoms with Gasteiger partial charge in [-0.1, -0.05) is 33.6 Å². The van der Waals surface area contributed by atoms with Gasteiger partial charge in [-0.25, -0.2) is 0 Å². The van der Waals surface area contributed by atoms with Gasteiger partial charge in [0.15, 0.2) is 0 Å². The van der Waals surface area contributed by atoms with Crippen LogP contribution in [0.15, 0.2) is 0 Å². The second-order valence-corrected chi connectivity index (χ2v) is 7.91. The minimum absolute atomic E-state index is 0.0672. The maximum atomic E-state index is 11.1. The predicted octanol–water partition coefficient (Wildman–Crippen LogP) is 3.69. The van der Waals surface area contributed by atoms with Gasteiger partial charge in [0.2, 0.25) is 0 Å². The molecule has 2 aliphatic rings. The summed E-state index contributed by atoms with van der Waals surface area (Å²) in [6, 6.07) is 0. The van der Waals surface area contributed by atoms with Crippen LogP contribution in [0.3, 0.4) is 0 Å². The minimum Gasteiger partial charge on any atom is -0.330 e. The Morgan fingerprint density at radius 2 is 2.00 bits per heavy atom. The highest BCUT2D eigenvalue weighted by Crippen LogP contribution is 2.62. The van der Waals surface area contributed by atoms with Crippen LogP contribution in [0.1, 0.15) is 72.1 Å². The van der Waals surface area contributed by atoms with E-state index in [1.165, 1.54) is 6.42 Å². The molecule has 122 valence electrons. The van der Waals surface area contributed by atoms with Crippen molar-refractivity contribution in [2.75, 3.05) is 6.54 Å². The van der Waals surface area contributed by atoms with Gasteiger partial charge in [-0.15, -0.1) is 10.1 Å². The quantitative estimate of drug-likeness (QED) is 0.599. The summed E-state index contributed by atoms with van der Waals surface area (Å²) < 4.78 is 0. The molecule has 2 N–H and O–H groups in total. The number of nitrogens with two attached hydrogens (primary N) is 1. The highest BCUT2D eigenvalue weighted by molar-refractivity contribution is 5.07. The molecule has 2 bridgehead atoms. The van der Waals surface area contributed by atoms with Gasteiger partial charge in [-0.3, -0.25) is 0 Å². The van der Waals surface area contributed by atoms with E-state index < -0.39 is 10.7 Å². The van der Waals surface area contributed by atoms with E-state index in [-0.39, 0.29) is 10.8 Å². The van der Waals surface area contributed by atoms with Gasteiger partial charge in [0, 0.05) is 0 Å². The zero-order valence-corrected chi connectivity index (χ0v) is 13.7. The first-order chi connectivity index (χ1) is 9.80. The van der Waals surface area contributed by atoms with Gasteiger partial charge in [0.1, 0.15) is 5.60 Å². The maximum Gasteiger partial charge on any atom is 0.295 e. The van der Waals surface area contributed by atoms with Crippen LogP contribution in [0, 0.1) is 26.9 Å². The van der Waals surface area contributed by atoms with E-state index in [2.05, 4.69) is 20.8 Å². The van der Waals surface area contributed by atoms with Crippen LogP contribution in [0.2, 0.25) is 0 Å². The zero-order chi connectivity index (χ0) is 15.7. The molecule has 0 aromatic carbocycles. The van der Waals surface area contributed by atoms with Crippen LogP contribution >= 0.6 is 0 Å². The average molecular weight is 298 g/mol. The Morgan fingerprint density at radius 1 is 1.29 bits per heavy atom. The van der Waals surface area contributed by atoms with Gasteiger partial charge < -0.3 is 10.6 Å². The molecule has 4 atom stereocenters. The first kappa shape index (κ1) is 16.5. The zero-order valence-electron chi connectivity index (χ0n) is 13.7. The van der Waals surface area contributed by atoms with Crippen molar-refractivity contribution in [3.05, 3.63) is 10.1 Å². The van der Waals surface area contributed by atoms with Crippen molar-refractivity contribution in [3.8, 4) is 0 Å². The lowest BCUT2D eigenvalue weighted by Gasteiger charge is -2.59. The minimum atomic E-state index is -0.583. The molecule has 2 rings (SSSR count). The average Bonchev–Trinajstić information content (AvgIpc) is 2.35. The maximum absolute atomic E-state index is 11.1. The molecule has 0 aromatic rings. The van der Waals surface area contributed by atoms with E-state index >= 15 is 0 Å². The third-order valence-corrected chi connectivity index (χ3v) is 5.97. The summed E-state index contributed by atoms with van der Waals surface area (Å²) in [6.45, 7) is 7.30. The normalized spacial score (nSPS) is 42.6. The van der Waals surface area contributed by atoms with Crippen molar-refractivity contribution in [3.63, 3.8) is 0 Å². The lowest BCUT2D eigenvalue weighted by Crippen LogP contribution is -2.56. The van der Waals surface area contributed by atoms with Gasteiger partial charge in [-0.05, 0) is 61.8 Å². The third-order valence-electron chi connectivity index (χ3n) is 5.97. The first-order valence-corrected chi connectivity index (χ1v) is 8.33. The van der Waals surface area contributed by atoms with E-state index in [1.54, 1.807) is 0 Å². The van der Waals surface area contributed by atoms with Crippen molar-refractivity contribution in [2.45, 2.75) is 77.7 Å². The standard InChI is InChI=1S/C16H30N2O3/c1-4-13-8-15(5-2)10-14(3,6-7-17)11-16(9-13,12-15)21-18(19)20/h13H,4-12,17H2,1-3H3. The number of fused-ring (bicyclic) bond motifs is 2. The first-order valence-electron chi connectivity index (χ1n) is 8.33. The van der Waals surface area contributed by atoms with Crippen molar-refractivity contribution in [2.24, 2.45) is 22.5 Å². The largest absolute Gasteiger partial charge is 0.330 e. The molecular weight excluding hydrogens is 268 g/mol. The summed E-state index contributed by atoms with van der Waals surface area (Å²) >= 11 is 0. The molecule has 2 aliphatic carbocycles. The van der Waals surface area contributed by atoms with Gasteiger partial charge >= 0.3 is 0 Å². The van der Waals surface area contributed by atoms with Crippen molar-refractivity contribution < 1.29 is 9.92 Å². The molecule has 2 saturated carbocycles. The Bertz CT molecular complexity index is 403. The van der Waals surface area contributed by atoms with Crippen molar-refractivity contribution >= 4 is 0 Å². The smallest absolute Gasteiger partial charge is 0.295 e. The van der Waals surface area contributed by atoms with E-state index in [9.17, 15) is 10.1 Å². The van der Waals surface area contributed by atoms with Crippen LogP contribution in [0.4, 0.5) is 0 Å². The Kier molecular flexibility index (Phi) is 4.52. The van der Waals surface area contributed by atoms with E-state index in [4.69, 9.17) is 10.6 Å². The van der Waals surface area contributed by atoms with E-state index in [0.717, 1.165) is 44.9 Å². The van der Waals surface area contributed by atoms with Gasteiger partial charge in [-0.2, -0.15) is 0 Å². The number of hydrogen-bond acceptors (Lipinski definition) is 4. The fourth-order valence-corrected chi connectivity index (χ4v) is 5.52. The highest BCUT2D eigenvalue weighted by Gasteiger charge is 2.57.